The summed E-state index contributed by atoms with van der Waals surface area (Å²) in [6.45, 7) is -0.162. The number of aliphatic hydroxyl groups excluding tert-OH is 2. The van der Waals surface area contributed by atoms with Crippen molar-refractivity contribution in [2.45, 2.75) is 25.4 Å². The highest BCUT2D eigenvalue weighted by Gasteiger charge is 1.98. The first kappa shape index (κ1) is 8.48. The number of terminal acetylenes is 1. The van der Waals surface area contributed by atoms with Crippen LogP contribution in [0.4, 0.5) is 0 Å². The van der Waals surface area contributed by atoms with Gasteiger partial charge in [0.25, 0.3) is 0 Å². The molecule has 2 heteroatoms. The van der Waals surface area contributed by atoms with Gasteiger partial charge in [0.05, 0.1) is 12.7 Å². The van der Waals surface area contributed by atoms with Gasteiger partial charge in [-0.25, -0.2) is 0 Å². The first-order valence-electron chi connectivity index (χ1n) is 3.03. The number of hydrogen-bond acceptors (Lipinski definition) is 2. The predicted octanol–water partition coefficient (Wildman–Crippen LogP) is 0.143. The maximum Gasteiger partial charge on any atom is 0.0771 e. The Kier molecular flexibility index (Phi) is 5.29. The third-order valence-corrected chi connectivity index (χ3v) is 1.07. The first-order chi connectivity index (χ1) is 4.31. The minimum Gasteiger partial charge on any atom is -0.394 e. The van der Waals surface area contributed by atoms with Crippen molar-refractivity contribution in [2.75, 3.05) is 6.61 Å². The van der Waals surface area contributed by atoms with E-state index >= 15 is 0 Å². The van der Waals surface area contributed by atoms with Gasteiger partial charge in [0, 0.05) is 6.42 Å². The maximum atomic E-state index is 8.77. The van der Waals surface area contributed by atoms with Crippen LogP contribution >= 0.6 is 0 Å². The Balaban J connectivity index is 2.99. The molecular formula is C7H12O2. The fraction of sp³-hybridized carbons (Fsp3) is 0.714. The molecule has 0 amide bonds. The number of unbranched alkanes of at least 4 members (excludes halogenated alkanes) is 1. The van der Waals surface area contributed by atoms with Gasteiger partial charge in [-0.3, -0.25) is 0 Å². The highest BCUT2D eigenvalue weighted by molar-refractivity contribution is 4.83. The molecule has 0 fully saturated rings. The Morgan fingerprint density at radius 1 is 1.56 bits per heavy atom. The van der Waals surface area contributed by atoms with E-state index in [9.17, 15) is 0 Å². The van der Waals surface area contributed by atoms with Crippen LogP contribution in [0.15, 0.2) is 0 Å². The van der Waals surface area contributed by atoms with Crippen LogP contribution in [-0.2, 0) is 0 Å². The molecule has 0 aromatic heterocycles. The molecule has 2 N–H and O–H groups in total. The topological polar surface area (TPSA) is 40.5 Å². The summed E-state index contributed by atoms with van der Waals surface area (Å²) >= 11 is 0. The summed E-state index contributed by atoms with van der Waals surface area (Å²) in [5.74, 6) is 2.45. The molecule has 0 heterocycles. The normalized spacial score (nSPS) is 12.6. The van der Waals surface area contributed by atoms with E-state index < -0.39 is 6.10 Å². The minimum atomic E-state index is -0.585. The molecule has 9 heavy (non-hydrogen) atoms. The Bertz CT molecular complexity index is 93.6. The van der Waals surface area contributed by atoms with Crippen LogP contribution in [0.2, 0.25) is 0 Å². The van der Waals surface area contributed by atoms with Gasteiger partial charge in [0.15, 0.2) is 0 Å². The van der Waals surface area contributed by atoms with E-state index in [1.807, 2.05) is 0 Å². The van der Waals surface area contributed by atoms with Crippen molar-refractivity contribution in [2.24, 2.45) is 0 Å². The molecule has 2 nitrogen and oxygen atoms in total. The zero-order chi connectivity index (χ0) is 7.11. The molecule has 1 unspecified atom stereocenters. The summed E-state index contributed by atoms with van der Waals surface area (Å²) in [6, 6.07) is 0. The van der Waals surface area contributed by atoms with E-state index in [4.69, 9.17) is 16.6 Å². The van der Waals surface area contributed by atoms with Crippen molar-refractivity contribution in [1.82, 2.24) is 0 Å². The van der Waals surface area contributed by atoms with Crippen molar-refractivity contribution in [3.05, 3.63) is 0 Å². The largest absolute Gasteiger partial charge is 0.394 e. The molecule has 0 aromatic carbocycles. The molecule has 0 aliphatic heterocycles. The van der Waals surface area contributed by atoms with Gasteiger partial charge in [0.1, 0.15) is 0 Å². The molecule has 0 rings (SSSR count). The molecule has 0 saturated heterocycles. The zero-order valence-corrected chi connectivity index (χ0v) is 5.38. The Labute approximate surface area is 55.5 Å². The lowest BCUT2D eigenvalue weighted by molar-refractivity contribution is 0.0870. The van der Waals surface area contributed by atoms with Crippen molar-refractivity contribution in [3.8, 4) is 12.3 Å². The van der Waals surface area contributed by atoms with Gasteiger partial charge < -0.3 is 10.2 Å². The van der Waals surface area contributed by atoms with Crippen molar-refractivity contribution in [1.29, 1.82) is 0 Å². The molecule has 0 aliphatic carbocycles. The molecule has 0 saturated carbocycles. The summed E-state index contributed by atoms with van der Waals surface area (Å²) in [6.07, 6.45) is 6.44. The minimum absolute atomic E-state index is 0.162. The van der Waals surface area contributed by atoms with Crippen LogP contribution in [0.3, 0.4) is 0 Å². The number of rotatable bonds is 4. The van der Waals surface area contributed by atoms with Crippen molar-refractivity contribution >= 4 is 0 Å². The average molecular weight is 128 g/mol. The molecule has 0 aromatic rings. The summed E-state index contributed by atoms with van der Waals surface area (Å²) < 4.78 is 0. The van der Waals surface area contributed by atoms with Gasteiger partial charge in [-0.1, -0.05) is 0 Å². The molecular weight excluding hydrogens is 116 g/mol. The van der Waals surface area contributed by atoms with Crippen LogP contribution in [0, 0.1) is 12.3 Å². The van der Waals surface area contributed by atoms with E-state index in [1.165, 1.54) is 0 Å². The lowest BCUT2D eigenvalue weighted by atomic mass is 10.2. The van der Waals surface area contributed by atoms with Crippen LogP contribution in [-0.4, -0.2) is 22.9 Å². The van der Waals surface area contributed by atoms with E-state index in [0.29, 0.717) is 12.8 Å². The third kappa shape index (κ3) is 5.35. The van der Waals surface area contributed by atoms with Gasteiger partial charge in [-0.15, -0.1) is 12.3 Å². The van der Waals surface area contributed by atoms with E-state index in [2.05, 4.69) is 5.92 Å². The zero-order valence-electron chi connectivity index (χ0n) is 5.38. The fourth-order valence-corrected chi connectivity index (χ4v) is 0.531. The Hall–Kier alpha value is -0.520. The van der Waals surface area contributed by atoms with E-state index in [1.54, 1.807) is 0 Å². The molecule has 52 valence electrons. The predicted molar refractivity (Wildman–Crippen MR) is 35.8 cm³/mol. The Morgan fingerprint density at radius 3 is 2.67 bits per heavy atom. The molecule has 0 radical (unpaired) electrons. The highest BCUT2D eigenvalue weighted by Crippen LogP contribution is 1.97. The molecule has 0 bridgehead atoms. The van der Waals surface area contributed by atoms with Gasteiger partial charge >= 0.3 is 0 Å². The smallest absolute Gasteiger partial charge is 0.0771 e. The number of hydrogen-bond donors (Lipinski definition) is 2. The van der Waals surface area contributed by atoms with Gasteiger partial charge in [-0.2, -0.15) is 0 Å². The lowest BCUT2D eigenvalue weighted by Gasteiger charge is -2.02. The molecule has 0 aliphatic rings. The summed E-state index contributed by atoms with van der Waals surface area (Å²) in [7, 11) is 0. The van der Waals surface area contributed by atoms with Crippen LogP contribution in [0.5, 0.6) is 0 Å². The summed E-state index contributed by atoms with van der Waals surface area (Å²) in [5, 5.41) is 17.1. The highest BCUT2D eigenvalue weighted by atomic mass is 16.3. The third-order valence-electron chi connectivity index (χ3n) is 1.07. The Morgan fingerprint density at radius 2 is 2.22 bits per heavy atom. The second-order valence-corrected chi connectivity index (χ2v) is 1.93. The standard InChI is InChI=1S/C7H12O2/c1-2-3-4-5-7(9)6-8/h1,7-9H,3-6H2. The molecule has 1 atom stereocenters. The monoisotopic (exact) mass is 128 g/mol. The second kappa shape index (κ2) is 5.61. The van der Waals surface area contributed by atoms with Crippen LogP contribution < -0.4 is 0 Å². The number of aliphatic hydroxyl groups is 2. The first-order valence-corrected chi connectivity index (χ1v) is 3.03. The summed E-state index contributed by atoms with van der Waals surface area (Å²) in [5.41, 5.74) is 0. The van der Waals surface area contributed by atoms with Gasteiger partial charge in [-0.05, 0) is 12.8 Å². The lowest BCUT2D eigenvalue weighted by Crippen LogP contribution is -2.10. The quantitative estimate of drug-likeness (QED) is 0.417. The van der Waals surface area contributed by atoms with E-state index in [-0.39, 0.29) is 6.61 Å². The SMILES string of the molecule is C#CCCCC(O)CO. The summed E-state index contributed by atoms with van der Waals surface area (Å²) in [4.78, 5) is 0. The maximum absolute atomic E-state index is 8.77. The van der Waals surface area contributed by atoms with Crippen molar-refractivity contribution in [3.63, 3.8) is 0 Å². The van der Waals surface area contributed by atoms with Crippen LogP contribution in [0.25, 0.3) is 0 Å². The molecule has 0 spiro atoms. The average Bonchev–Trinajstić information content (AvgIpc) is 1.89. The van der Waals surface area contributed by atoms with Crippen LogP contribution in [0.1, 0.15) is 19.3 Å². The van der Waals surface area contributed by atoms with Gasteiger partial charge in [0.2, 0.25) is 0 Å². The fourth-order valence-electron chi connectivity index (χ4n) is 0.531. The van der Waals surface area contributed by atoms with E-state index in [0.717, 1.165) is 6.42 Å². The second-order valence-electron chi connectivity index (χ2n) is 1.93. The van der Waals surface area contributed by atoms with Crippen molar-refractivity contribution < 1.29 is 10.2 Å².